The number of benzene rings is 1. The van der Waals surface area contributed by atoms with E-state index in [1.165, 1.54) is 31.1 Å². The second kappa shape index (κ2) is 8.29. The van der Waals surface area contributed by atoms with Gasteiger partial charge in [-0.25, -0.2) is 0 Å². The minimum Gasteiger partial charge on any atom is -0.496 e. The van der Waals surface area contributed by atoms with Gasteiger partial charge in [0.2, 0.25) is 0 Å². The third-order valence-corrected chi connectivity index (χ3v) is 4.46. The minimum atomic E-state index is -0.156. The average Bonchev–Trinajstić information content (AvgIpc) is 3.33. The van der Waals surface area contributed by atoms with E-state index in [1.807, 2.05) is 6.07 Å². The summed E-state index contributed by atoms with van der Waals surface area (Å²) >= 11 is 1.72. The molecule has 5 heteroatoms. The van der Waals surface area contributed by atoms with E-state index in [9.17, 15) is 4.79 Å². The molecule has 0 bridgehead atoms. The molecule has 0 heterocycles. The molecule has 1 aliphatic rings. The van der Waals surface area contributed by atoms with Gasteiger partial charge in [0.05, 0.1) is 20.6 Å². The summed E-state index contributed by atoms with van der Waals surface area (Å²) in [5.41, 5.74) is 2.47. The number of carbonyl (C=O) groups is 1. The standard InChI is InChI=1S/C16H23NO3S/c1-19-15-6-3-12(10-17-14-4-5-14)9-13(15)11-21-8-7-16(18)20-2/h3,6,9,14,17H,4-5,7-8,10-11H2,1-2H3. The first kappa shape index (κ1) is 16.2. The van der Waals surface area contributed by atoms with Crippen LogP contribution in [0.3, 0.4) is 0 Å². The van der Waals surface area contributed by atoms with Crippen LogP contribution in [0.25, 0.3) is 0 Å². The Balaban J connectivity index is 1.85. The zero-order valence-corrected chi connectivity index (χ0v) is 13.5. The van der Waals surface area contributed by atoms with Crippen LogP contribution in [0.15, 0.2) is 18.2 Å². The average molecular weight is 309 g/mol. The van der Waals surface area contributed by atoms with Gasteiger partial charge in [0.15, 0.2) is 0 Å². The van der Waals surface area contributed by atoms with E-state index in [1.54, 1.807) is 18.9 Å². The number of esters is 1. The van der Waals surface area contributed by atoms with Crippen LogP contribution in [0, 0.1) is 0 Å². The van der Waals surface area contributed by atoms with Crippen LogP contribution >= 0.6 is 11.8 Å². The van der Waals surface area contributed by atoms with Crippen molar-refractivity contribution in [2.75, 3.05) is 20.0 Å². The predicted octanol–water partition coefficient (Wildman–Crippen LogP) is 2.74. The number of nitrogens with one attached hydrogen (secondary N) is 1. The number of thioether (sulfide) groups is 1. The summed E-state index contributed by atoms with van der Waals surface area (Å²) in [6, 6.07) is 7.04. The SMILES string of the molecule is COC(=O)CCSCc1cc(CNC2CC2)ccc1OC. The van der Waals surface area contributed by atoms with Crippen molar-refractivity contribution in [3.8, 4) is 5.75 Å². The van der Waals surface area contributed by atoms with Crippen LogP contribution in [-0.4, -0.2) is 32.0 Å². The monoisotopic (exact) mass is 309 g/mol. The van der Waals surface area contributed by atoms with E-state index in [-0.39, 0.29) is 5.97 Å². The number of carbonyl (C=O) groups excluding carboxylic acids is 1. The molecular formula is C16H23NO3S. The topological polar surface area (TPSA) is 47.6 Å². The molecule has 4 nitrogen and oxygen atoms in total. The largest absolute Gasteiger partial charge is 0.496 e. The second-order valence-electron chi connectivity index (χ2n) is 5.18. The van der Waals surface area contributed by atoms with Gasteiger partial charge in [0.25, 0.3) is 0 Å². The molecular weight excluding hydrogens is 286 g/mol. The molecule has 0 radical (unpaired) electrons. The molecule has 0 aliphatic heterocycles. The highest BCUT2D eigenvalue weighted by molar-refractivity contribution is 7.98. The summed E-state index contributed by atoms with van der Waals surface area (Å²) in [5, 5.41) is 3.52. The Hall–Kier alpha value is -1.20. The van der Waals surface area contributed by atoms with Gasteiger partial charge in [-0.3, -0.25) is 4.79 Å². The highest BCUT2D eigenvalue weighted by atomic mass is 32.2. The Bertz CT molecular complexity index is 475. The van der Waals surface area contributed by atoms with Gasteiger partial charge in [-0.15, -0.1) is 0 Å². The van der Waals surface area contributed by atoms with E-state index < -0.39 is 0 Å². The molecule has 2 rings (SSSR count). The lowest BCUT2D eigenvalue weighted by atomic mass is 10.1. The molecule has 21 heavy (non-hydrogen) atoms. The summed E-state index contributed by atoms with van der Waals surface area (Å²) in [6.07, 6.45) is 3.05. The molecule has 0 amide bonds. The number of ether oxygens (including phenoxy) is 2. The zero-order chi connectivity index (χ0) is 15.1. The lowest BCUT2D eigenvalue weighted by Crippen LogP contribution is -2.15. The van der Waals surface area contributed by atoms with Gasteiger partial charge in [-0.05, 0) is 30.5 Å². The molecule has 0 spiro atoms. The quantitative estimate of drug-likeness (QED) is 0.561. The van der Waals surface area contributed by atoms with Gasteiger partial charge < -0.3 is 14.8 Å². The van der Waals surface area contributed by atoms with Gasteiger partial charge in [0, 0.05) is 29.7 Å². The molecule has 1 aromatic carbocycles. The molecule has 0 unspecified atom stereocenters. The number of hydrogen-bond acceptors (Lipinski definition) is 5. The normalized spacial score (nSPS) is 14.0. The molecule has 1 N–H and O–H groups in total. The lowest BCUT2D eigenvalue weighted by molar-refractivity contribution is -0.140. The fourth-order valence-electron chi connectivity index (χ4n) is 2.04. The van der Waals surface area contributed by atoms with Crippen LogP contribution in [0.1, 0.15) is 30.4 Å². The van der Waals surface area contributed by atoms with Crippen molar-refractivity contribution in [3.05, 3.63) is 29.3 Å². The van der Waals surface area contributed by atoms with Crippen molar-refractivity contribution in [2.24, 2.45) is 0 Å². The van der Waals surface area contributed by atoms with E-state index in [0.29, 0.717) is 12.5 Å². The summed E-state index contributed by atoms with van der Waals surface area (Å²) in [5.74, 6) is 2.37. The number of methoxy groups -OCH3 is 2. The van der Waals surface area contributed by atoms with Gasteiger partial charge in [-0.2, -0.15) is 11.8 Å². The summed E-state index contributed by atoms with van der Waals surface area (Å²) < 4.78 is 10.1. The molecule has 0 saturated heterocycles. The van der Waals surface area contributed by atoms with Crippen LogP contribution in [0.2, 0.25) is 0 Å². The maximum Gasteiger partial charge on any atom is 0.306 e. The zero-order valence-electron chi connectivity index (χ0n) is 12.7. The Morgan fingerprint density at radius 3 is 2.86 bits per heavy atom. The van der Waals surface area contributed by atoms with Crippen molar-refractivity contribution in [1.82, 2.24) is 5.32 Å². The molecule has 116 valence electrons. The minimum absolute atomic E-state index is 0.156. The maximum absolute atomic E-state index is 11.1. The number of rotatable bonds is 9. The molecule has 1 saturated carbocycles. The van der Waals surface area contributed by atoms with E-state index >= 15 is 0 Å². The molecule has 1 fully saturated rings. The Morgan fingerprint density at radius 2 is 2.19 bits per heavy atom. The molecule has 1 aliphatic carbocycles. The highest BCUT2D eigenvalue weighted by Crippen LogP contribution is 2.26. The van der Waals surface area contributed by atoms with Gasteiger partial charge >= 0.3 is 5.97 Å². The van der Waals surface area contributed by atoms with Crippen molar-refractivity contribution in [1.29, 1.82) is 0 Å². The van der Waals surface area contributed by atoms with Crippen LogP contribution in [0.4, 0.5) is 0 Å². The van der Waals surface area contributed by atoms with Crippen LogP contribution in [0.5, 0.6) is 5.75 Å². The molecule has 0 aromatic heterocycles. The van der Waals surface area contributed by atoms with Crippen LogP contribution < -0.4 is 10.1 Å². The summed E-state index contributed by atoms with van der Waals surface area (Å²) in [4.78, 5) is 11.1. The molecule has 1 aromatic rings. The van der Waals surface area contributed by atoms with Crippen molar-refractivity contribution in [2.45, 2.75) is 37.6 Å². The van der Waals surface area contributed by atoms with E-state index in [2.05, 4.69) is 22.2 Å². The highest BCUT2D eigenvalue weighted by Gasteiger charge is 2.20. The first-order valence-electron chi connectivity index (χ1n) is 7.26. The Morgan fingerprint density at radius 1 is 1.38 bits per heavy atom. The Labute approximate surface area is 130 Å². The lowest BCUT2D eigenvalue weighted by Gasteiger charge is -2.11. The number of hydrogen-bond donors (Lipinski definition) is 1. The fraction of sp³-hybridized carbons (Fsp3) is 0.562. The van der Waals surface area contributed by atoms with Gasteiger partial charge in [-0.1, -0.05) is 6.07 Å². The van der Waals surface area contributed by atoms with Crippen LogP contribution in [-0.2, 0) is 21.8 Å². The van der Waals surface area contributed by atoms with Crippen molar-refractivity contribution < 1.29 is 14.3 Å². The third kappa shape index (κ3) is 5.59. The van der Waals surface area contributed by atoms with Gasteiger partial charge in [0.1, 0.15) is 5.75 Å². The maximum atomic E-state index is 11.1. The fourth-order valence-corrected chi connectivity index (χ4v) is 2.94. The summed E-state index contributed by atoms with van der Waals surface area (Å²) in [6.45, 7) is 0.911. The first-order valence-corrected chi connectivity index (χ1v) is 8.42. The smallest absolute Gasteiger partial charge is 0.306 e. The van der Waals surface area contributed by atoms with E-state index in [0.717, 1.165) is 23.8 Å². The first-order chi connectivity index (χ1) is 10.2. The third-order valence-electron chi connectivity index (χ3n) is 3.45. The van der Waals surface area contributed by atoms with E-state index in [4.69, 9.17) is 4.74 Å². The predicted molar refractivity (Wildman–Crippen MR) is 85.7 cm³/mol. The van der Waals surface area contributed by atoms with Crippen molar-refractivity contribution >= 4 is 17.7 Å². The summed E-state index contributed by atoms with van der Waals surface area (Å²) in [7, 11) is 3.12. The Kier molecular flexibility index (Phi) is 6.39. The second-order valence-corrected chi connectivity index (χ2v) is 6.29. The van der Waals surface area contributed by atoms with Crippen molar-refractivity contribution in [3.63, 3.8) is 0 Å². The molecule has 0 atom stereocenters.